The lowest BCUT2D eigenvalue weighted by atomic mass is 10.1. The molecule has 1 aromatic rings. The highest BCUT2D eigenvalue weighted by Crippen LogP contribution is 2.24. The molecule has 0 saturated heterocycles. The molecule has 2 rings (SSSR count). The first-order valence-corrected chi connectivity index (χ1v) is 5.39. The van der Waals surface area contributed by atoms with Crippen molar-refractivity contribution < 1.29 is 4.52 Å². The first-order valence-electron chi connectivity index (χ1n) is 5.39. The van der Waals surface area contributed by atoms with Crippen molar-refractivity contribution in [2.45, 2.75) is 45.7 Å². The van der Waals surface area contributed by atoms with Gasteiger partial charge in [-0.05, 0) is 32.1 Å². The van der Waals surface area contributed by atoms with Crippen molar-refractivity contribution in [1.82, 2.24) is 10.5 Å². The van der Waals surface area contributed by atoms with Crippen LogP contribution in [-0.2, 0) is 6.54 Å². The Bertz CT molecular complexity index is 295. The summed E-state index contributed by atoms with van der Waals surface area (Å²) in [5.74, 6) is 1.83. The van der Waals surface area contributed by atoms with Gasteiger partial charge < -0.3 is 9.84 Å². The summed E-state index contributed by atoms with van der Waals surface area (Å²) in [6, 6.07) is 2.67. The van der Waals surface area contributed by atoms with E-state index in [4.69, 9.17) is 4.52 Å². The van der Waals surface area contributed by atoms with Crippen LogP contribution in [0.2, 0.25) is 0 Å². The largest absolute Gasteiger partial charge is 0.360 e. The highest BCUT2D eigenvalue weighted by atomic mass is 16.5. The van der Waals surface area contributed by atoms with Crippen LogP contribution in [0.4, 0.5) is 0 Å². The second-order valence-corrected chi connectivity index (χ2v) is 4.43. The van der Waals surface area contributed by atoms with Crippen LogP contribution >= 0.6 is 0 Å². The van der Waals surface area contributed by atoms with Gasteiger partial charge in [0.25, 0.3) is 0 Å². The minimum atomic E-state index is 0.676. The van der Waals surface area contributed by atoms with E-state index in [9.17, 15) is 0 Å². The Morgan fingerprint density at radius 2 is 2.43 bits per heavy atom. The summed E-state index contributed by atoms with van der Waals surface area (Å²) in [6.45, 7) is 5.09. The highest BCUT2D eigenvalue weighted by Gasteiger charge is 2.20. The number of nitrogens with one attached hydrogen (secondary N) is 1. The molecule has 78 valence electrons. The van der Waals surface area contributed by atoms with Gasteiger partial charge in [-0.3, -0.25) is 0 Å². The number of rotatable bonds is 3. The normalized spacial score (nSPS) is 27.0. The summed E-state index contributed by atoms with van der Waals surface area (Å²) >= 11 is 0. The summed E-state index contributed by atoms with van der Waals surface area (Å²) in [7, 11) is 0. The van der Waals surface area contributed by atoms with E-state index in [1.165, 1.54) is 19.3 Å². The van der Waals surface area contributed by atoms with Gasteiger partial charge in [-0.15, -0.1) is 0 Å². The molecule has 0 bridgehead atoms. The van der Waals surface area contributed by atoms with E-state index >= 15 is 0 Å². The number of hydrogen-bond donors (Lipinski definition) is 1. The molecule has 1 aromatic heterocycles. The van der Waals surface area contributed by atoms with Gasteiger partial charge in [-0.2, -0.15) is 0 Å². The highest BCUT2D eigenvalue weighted by molar-refractivity contribution is 5.02. The van der Waals surface area contributed by atoms with Crippen molar-refractivity contribution >= 4 is 0 Å². The fourth-order valence-electron chi connectivity index (χ4n) is 2.14. The van der Waals surface area contributed by atoms with E-state index in [1.54, 1.807) is 0 Å². The Hall–Kier alpha value is -0.830. The second kappa shape index (κ2) is 4.13. The van der Waals surface area contributed by atoms with Gasteiger partial charge in [0.05, 0.1) is 12.2 Å². The van der Waals surface area contributed by atoms with Crippen LogP contribution < -0.4 is 5.32 Å². The molecule has 2 unspecified atom stereocenters. The molecule has 1 N–H and O–H groups in total. The van der Waals surface area contributed by atoms with E-state index in [0.717, 1.165) is 23.9 Å². The quantitative estimate of drug-likeness (QED) is 0.802. The Kier molecular flexibility index (Phi) is 2.87. The minimum absolute atomic E-state index is 0.676. The van der Waals surface area contributed by atoms with Crippen molar-refractivity contribution in [2.24, 2.45) is 5.92 Å². The minimum Gasteiger partial charge on any atom is -0.360 e. The van der Waals surface area contributed by atoms with Crippen molar-refractivity contribution in [2.75, 3.05) is 0 Å². The standard InChI is InChI=1S/C11H18N2O/c1-8-3-4-10(5-8)12-7-11-6-9(2)13-14-11/h6,8,10,12H,3-5,7H2,1-2H3. The van der Waals surface area contributed by atoms with Crippen LogP contribution in [0, 0.1) is 12.8 Å². The molecular formula is C11H18N2O. The van der Waals surface area contributed by atoms with Crippen LogP contribution in [0.1, 0.15) is 37.6 Å². The third-order valence-corrected chi connectivity index (χ3v) is 2.94. The Morgan fingerprint density at radius 1 is 1.57 bits per heavy atom. The maximum Gasteiger partial charge on any atom is 0.150 e. The first kappa shape index (κ1) is 9.71. The lowest BCUT2D eigenvalue weighted by Gasteiger charge is -2.09. The summed E-state index contributed by atoms with van der Waals surface area (Å²) in [5.41, 5.74) is 0.960. The molecule has 1 heterocycles. The summed E-state index contributed by atoms with van der Waals surface area (Å²) in [4.78, 5) is 0. The fraction of sp³-hybridized carbons (Fsp3) is 0.727. The molecule has 1 aliphatic carbocycles. The molecule has 0 radical (unpaired) electrons. The average molecular weight is 194 g/mol. The average Bonchev–Trinajstić information content (AvgIpc) is 2.72. The zero-order valence-corrected chi connectivity index (χ0v) is 8.92. The van der Waals surface area contributed by atoms with Crippen LogP contribution in [0.15, 0.2) is 10.6 Å². The zero-order valence-electron chi connectivity index (χ0n) is 8.92. The van der Waals surface area contributed by atoms with Crippen molar-refractivity contribution in [3.05, 3.63) is 17.5 Å². The summed E-state index contributed by atoms with van der Waals surface area (Å²) < 4.78 is 5.14. The molecule has 0 amide bonds. The number of nitrogens with zero attached hydrogens (tertiary/aromatic N) is 1. The molecule has 1 aliphatic rings. The predicted molar refractivity (Wildman–Crippen MR) is 54.9 cm³/mol. The molecule has 1 fully saturated rings. The lowest BCUT2D eigenvalue weighted by Crippen LogP contribution is -2.25. The Labute approximate surface area is 84.9 Å². The van der Waals surface area contributed by atoms with Gasteiger partial charge in [0.15, 0.2) is 5.76 Å². The predicted octanol–water partition coefficient (Wildman–Crippen LogP) is 2.26. The topological polar surface area (TPSA) is 38.1 Å². The first-order chi connectivity index (χ1) is 6.74. The monoisotopic (exact) mass is 194 g/mol. The fourth-order valence-corrected chi connectivity index (χ4v) is 2.14. The van der Waals surface area contributed by atoms with E-state index in [2.05, 4.69) is 17.4 Å². The van der Waals surface area contributed by atoms with Gasteiger partial charge in [0.2, 0.25) is 0 Å². The summed E-state index contributed by atoms with van der Waals surface area (Å²) in [5, 5.41) is 7.37. The van der Waals surface area contributed by atoms with E-state index in [-0.39, 0.29) is 0 Å². The van der Waals surface area contributed by atoms with Gasteiger partial charge in [0.1, 0.15) is 0 Å². The van der Waals surface area contributed by atoms with Gasteiger partial charge in [-0.1, -0.05) is 12.1 Å². The molecule has 0 spiro atoms. The maximum absolute atomic E-state index is 5.14. The molecule has 3 heteroatoms. The third-order valence-electron chi connectivity index (χ3n) is 2.94. The van der Waals surface area contributed by atoms with E-state index in [1.807, 2.05) is 13.0 Å². The van der Waals surface area contributed by atoms with Crippen molar-refractivity contribution in [3.63, 3.8) is 0 Å². The summed E-state index contributed by atoms with van der Waals surface area (Å²) in [6.07, 6.45) is 3.95. The van der Waals surface area contributed by atoms with Gasteiger partial charge >= 0.3 is 0 Å². The molecular weight excluding hydrogens is 176 g/mol. The molecule has 1 saturated carbocycles. The lowest BCUT2D eigenvalue weighted by molar-refractivity contribution is 0.358. The van der Waals surface area contributed by atoms with E-state index in [0.29, 0.717) is 6.04 Å². The second-order valence-electron chi connectivity index (χ2n) is 4.43. The molecule has 2 atom stereocenters. The number of aromatic nitrogens is 1. The van der Waals surface area contributed by atoms with Crippen LogP contribution in [0.5, 0.6) is 0 Å². The van der Waals surface area contributed by atoms with Crippen LogP contribution in [0.25, 0.3) is 0 Å². The van der Waals surface area contributed by atoms with Crippen molar-refractivity contribution in [3.8, 4) is 0 Å². The third kappa shape index (κ3) is 2.35. The molecule has 3 nitrogen and oxygen atoms in total. The Balaban J connectivity index is 1.77. The number of aryl methyl sites for hydroxylation is 1. The van der Waals surface area contributed by atoms with Gasteiger partial charge in [0, 0.05) is 12.1 Å². The smallest absolute Gasteiger partial charge is 0.150 e. The van der Waals surface area contributed by atoms with Crippen LogP contribution in [-0.4, -0.2) is 11.2 Å². The van der Waals surface area contributed by atoms with Crippen molar-refractivity contribution in [1.29, 1.82) is 0 Å². The SMILES string of the molecule is Cc1cc(CNC2CCC(C)C2)on1. The molecule has 0 aliphatic heterocycles. The number of hydrogen-bond acceptors (Lipinski definition) is 3. The molecule has 14 heavy (non-hydrogen) atoms. The van der Waals surface area contributed by atoms with Crippen LogP contribution in [0.3, 0.4) is 0 Å². The Morgan fingerprint density at radius 3 is 3.00 bits per heavy atom. The molecule has 0 aromatic carbocycles. The maximum atomic E-state index is 5.14. The van der Waals surface area contributed by atoms with Gasteiger partial charge in [-0.25, -0.2) is 0 Å². The van der Waals surface area contributed by atoms with E-state index < -0.39 is 0 Å². The zero-order chi connectivity index (χ0) is 9.97.